The SMILES string of the molecule is CCOC(=O)C1=C(C)N(C)C(=S)NC1c1ccc(NC(=O)Nc2cccc(Br)c2)cc1. The predicted molar refractivity (Wildman–Crippen MR) is 129 cm³/mol. The number of anilines is 2. The summed E-state index contributed by atoms with van der Waals surface area (Å²) in [7, 11) is 1.80. The Morgan fingerprint density at radius 1 is 1.16 bits per heavy atom. The molecule has 31 heavy (non-hydrogen) atoms. The average molecular weight is 503 g/mol. The summed E-state index contributed by atoms with van der Waals surface area (Å²) in [4.78, 5) is 26.6. The van der Waals surface area contributed by atoms with Crippen molar-refractivity contribution in [1.29, 1.82) is 0 Å². The molecular formula is C22H23BrN4O3S. The van der Waals surface area contributed by atoms with Gasteiger partial charge >= 0.3 is 12.0 Å². The van der Waals surface area contributed by atoms with Gasteiger partial charge in [0.2, 0.25) is 0 Å². The topological polar surface area (TPSA) is 82.7 Å². The molecular weight excluding hydrogens is 480 g/mol. The summed E-state index contributed by atoms with van der Waals surface area (Å²) >= 11 is 8.78. The van der Waals surface area contributed by atoms with Crippen LogP contribution in [0.4, 0.5) is 16.2 Å². The van der Waals surface area contributed by atoms with Crippen molar-refractivity contribution in [3.05, 3.63) is 69.8 Å². The van der Waals surface area contributed by atoms with E-state index in [0.717, 1.165) is 15.7 Å². The lowest BCUT2D eigenvalue weighted by molar-refractivity contribution is -0.139. The number of allylic oxidation sites excluding steroid dienone is 1. The molecule has 0 fully saturated rings. The van der Waals surface area contributed by atoms with E-state index in [1.807, 2.05) is 37.3 Å². The Morgan fingerprint density at radius 2 is 1.84 bits per heavy atom. The molecule has 162 valence electrons. The van der Waals surface area contributed by atoms with E-state index >= 15 is 0 Å². The number of esters is 1. The lowest BCUT2D eigenvalue weighted by Crippen LogP contribution is -2.46. The Balaban J connectivity index is 1.77. The molecule has 0 bridgehead atoms. The molecule has 0 radical (unpaired) electrons. The van der Waals surface area contributed by atoms with E-state index in [1.54, 1.807) is 37.1 Å². The third-order valence-electron chi connectivity index (χ3n) is 4.83. The summed E-state index contributed by atoms with van der Waals surface area (Å²) < 4.78 is 6.13. The Morgan fingerprint density at radius 3 is 2.48 bits per heavy atom. The van der Waals surface area contributed by atoms with Gasteiger partial charge in [0.1, 0.15) is 0 Å². The molecule has 0 saturated carbocycles. The van der Waals surface area contributed by atoms with Gasteiger partial charge in [-0.05, 0) is 62.0 Å². The van der Waals surface area contributed by atoms with Crippen molar-refractivity contribution in [2.24, 2.45) is 0 Å². The highest BCUT2D eigenvalue weighted by Crippen LogP contribution is 2.31. The number of rotatable bonds is 5. The molecule has 1 heterocycles. The number of nitrogens with zero attached hydrogens (tertiary/aromatic N) is 1. The largest absolute Gasteiger partial charge is 0.463 e. The van der Waals surface area contributed by atoms with E-state index in [-0.39, 0.29) is 18.6 Å². The number of hydrogen-bond donors (Lipinski definition) is 3. The smallest absolute Gasteiger partial charge is 0.338 e. The zero-order chi connectivity index (χ0) is 22.5. The molecule has 7 nitrogen and oxygen atoms in total. The maximum absolute atomic E-state index is 12.6. The maximum Gasteiger partial charge on any atom is 0.338 e. The van der Waals surface area contributed by atoms with Crippen LogP contribution in [0.2, 0.25) is 0 Å². The Kier molecular flexibility index (Phi) is 7.29. The molecule has 0 aliphatic carbocycles. The standard InChI is InChI=1S/C22H23BrN4O3S/c1-4-30-20(28)18-13(2)27(3)22(31)26-19(18)14-8-10-16(11-9-14)24-21(29)25-17-7-5-6-15(23)12-17/h5-12,19H,4H2,1-3H3,(H,26,31)(H2,24,25,29). The normalized spacial score (nSPS) is 15.9. The summed E-state index contributed by atoms with van der Waals surface area (Å²) in [5.74, 6) is -0.387. The average Bonchev–Trinajstić information content (AvgIpc) is 2.72. The van der Waals surface area contributed by atoms with Crippen molar-refractivity contribution >= 4 is 56.6 Å². The van der Waals surface area contributed by atoms with Gasteiger partial charge in [-0.3, -0.25) is 0 Å². The van der Waals surface area contributed by atoms with Gasteiger partial charge in [-0.15, -0.1) is 0 Å². The number of benzene rings is 2. The van der Waals surface area contributed by atoms with E-state index in [4.69, 9.17) is 17.0 Å². The lowest BCUT2D eigenvalue weighted by Gasteiger charge is -2.35. The molecule has 3 N–H and O–H groups in total. The van der Waals surface area contributed by atoms with Gasteiger partial charge in [-0.1, -0.05) is 34.1 Å². The first-order chi connectivity index (χ1) is 14.8. The van der Waals surface area contributed by atoms with E-state index in [9.17, 15) is 9.59 Å². The van der Waals surface area contributed by atoms with Crippen molar-refractivity contribution in [3.63, 3.8) is 0 Å². The van der Waals surface area contributed by atoms with E-state index < -0.39 is 6.04 Å². The number of thiocarbonyl (C=S) groups is 1. The zero-order valence-corrected chi connectivity index (χ0v) is 19.8. The summed E-state index contributed by atoms with van der Waals surface area (Å²) in [6.07, 6.45) is 0. The lowest BCUT2D eigenvalue weighted by atomic mass is 9.95. The fraction of sp³-hybridized carbons (Fsp3) is 0.227. The predicted octanol–water partition coefficient (Wildman–Crippen LogP) is 4.79. The van der Waals surface area contributed by atoms with Crippen LogP contribution in [-0.4, -0.2) is 35.7 Å². The summed E-state index contributed by atoms with van der Waals surface area (Å²) in [5.41, 5.74) is 3.36. The molecule has 2 aromatic carbocycles. The van der Waals surface area contributed by atoms with Crippen LogP contribution in [0.3, 0.4) is 0 Å². The first-order valence-corrected chi connectivity index (χ1v) is 10.9. The van der Waals surface area contributed by atoms with Gasteiger partial charge in [0.25, 0.3) is 0 Å². The molecule has 3 rings (SSSR count). The first-order valence-electron chi connectivity index (χ1n) is 9.65. The highest BCUT2D eigenvalue weighted by Gasteiger charge is 2.33. The van der Waals surface area contributed by atoms with Crippen molar-refractivity contribution in [2.75, 3.05) is 24.3 Å². The van der Waals surface area contributed by atoms with Gasteiger partial charge in [-0.25, -0.2) is 9.59 Å². The molecule has 0 saturated heterocycles. The van der Waals surface area contributed by atoms with Gasteiger partial charge in [0.15, 0.2) is 5.11 Å². The minimum Gasteiger partial charge on any atom is -0.463 e. The minimum absolute atomic E-state index is 0.284. The number of halogens is 1. The number of ether oxygens (including phenoxy) is 1. The molecule has 1 aliphatic heterocycles. The van der Waals surface area contributed by atoms with Crippen molar-refractivity contribution in [2.45, 2.75) is 19.9 Å². The fourth-order valence-corrected chi connectivity index (χ4v) is 3.83. The highest BCUT2D eigenvalue weighted by atomic mass is 79.9. The van der Waals surface area contributed by atoms with Gasteiger partial charge in [0, 0.05) is 28.6 Å². The maximum atomic E-state index is 12.6. The van der Waals surface area contributed by atoms with E-state index in [0.29, 0.717) is 22.1 Å². The minimum atomic E-state index is -0.438. The number of carbonyl (C=O) groups excluding carboxylic acids is 2. The number of carbonyl (C=O) groups is 2. The van der Waals surface area contributed by atoms with Gasteiger partial charge in [0.05, 0.1) is 18.2 Å². The van der Waals surface area contributed by atoms with Crippen LogP contribution in [0, 0.1) is 0 Å². The Labute approximate surface area is 195 Å². The summed E-state index contributed by atoms with van der Waals surface area (Å²) in [6, 6.07) is 13.8. The van der Waals surface area contributed by atoms with Gasteiger partial charge < -0.3 is 25.6 Å². The number of amides is 2. The molecule has 2 aromatic rings. The van der Waals surface area contributed by atoms with Crippen molar-refractivity contribution < 1.29 is 14.3 Å². The number of nitrogens with one attached hydrogen (secondary N) is 3. The van der Waals surface area contributed by atoms with Crippen molar-refractivity contribution in [3.8, 4) is 0 Å². The molecule has 2 amide bonds. The second-order valence-corrected chi connectivity index (χ2v) is 8.17. The van der Waals surface area contributed by atoms with E-state index in [2.05, 4.69) is 31.9 Å². The van der Waals surface area contributed by atoms with Crippen LogP contribution in [0.25, 0.3) is 0 Å². The van der Waals surface area contributed by atoms with Crippen LogP contribution in [-0.2, 0) is 9.53 Å². The Hall–Kier alpha value is -2.91. The molecule has 1 unspecified atom stereocenters. The third kappa shape index (κ3) is 5.42. The monoisotopic (exact) mass is 502 g/mol. The fourth-order valence-electron chi connectivity index (χ4n) is 3.18. The van der Waals surface area contributed by atoms with Crippen LogP contribution in [0.15, 0.2) is 64.3 Å². The molecule has 1 aliphatic rings. The highest BCUT2D eigenvalue weighted by molar-refractivity contribution is 9.10. The molecule has 1 atom stereocenters. The molecule has 9 heteroatoms. The molecule has 0 spiro atoms. The van der Waals surface area contributed by atoms with Crippen LogP contribution in [0.5, 0.6) is 0 Å². The van der Waals surface area contributed by atoms with Gasteiger partial charge in [-0.2, -0.15) is 0 Å². The quantitative estimate of drug-likeness (QED) is 0.402. The van der Waals surface area contributed by atoms with Crippen LogP contribution in [0.1, 0.15) is 25.5 Å². The Bertz CT molecular complexity index is 1040. The number of hydrogen-bond acceptors (Lipinski definition) is 4. The zero-order valence-electron chi connectivity index (χ0n) is 17.4. The van der Waals surface area contributed by atoms with Crippen LogP contribution < -0.4 is 16.0 Å². The first kappa shape index (κ1) is 22.8. The summed E-state index contributed by atoms with van der Waals surface area (Å²) in [5, 5.41) is 9.29. The van der Waals surface area contributed by atoms with Crippen LogP contribution >= 0.6 is 28.1 Å². The van der Waals surface area contributed by atoms with E-state index in [1.165, 1.54) is 0 Å². The number of urea groups is 1. The van der Waals surface area contributed by atoms with Crippen molar-refractivity contribution in [1.82, 2.24) is 10.2 Å². The third-order valence-corrected chi connectivity index (χ3v) is 5.72. The summed E-state index contributed by atoms with van der Waals surface area (Å²) in [6.45, 7) is 3.90. The second kappa shape index (κ2) is 9.93. The molecule has 0 aromatic heterocycles. The second-order valence-electron chi connectivity index (χ2n) is 6.87.